The topological polar surface area (TPSA) is 115 Å². The van der Waals surface area contributed by atoms with Gasteiger partial charge in [0.05, 0.1) is 26.3 Å². The molecule has 1 saturated heterocycles. The van der Waals surface area contributed by atoms with Crippen LogP contribution in [0, 0.1) is 0 Å². The van der Waals surface area contributed by atoms with E-state index in [1.807, 2.05) is 36.4 Å². The van der Waals surface area contributed by atoms with E-state index >= 15 is 0 Å². The zero-order valence-corrected chi connectivity index (χ0v) is 22.0. The van der Waals surface area contributed by atoms with Gasteiger partial charge in [0.25, 0.3) is 17.7 Å². The summed E-state index contributed by atoms with van der Waals surface area (Å²) in [4.78, 5) is 40.9. The molecule has 0 aliphatic carbocycles. The number of carbonyl (C=O) groups is 3. The van der Waals surface area contributed by atoms with Crippen molar-refractivity contribution in [3.05, 3.63) is 82.9 Å². The summed E-state index contributed by atoms with van der Waals surface area (Å²) in [6.45, 7) is 1.27. The van der Waals surface area contributed by atoms with Gasteiger partial charge in [0, 0.05) is 30.6 Å². The molecule has 7 rings (SSSR count). The highest BCUT2D eigenvalue weighted by molar-refractivity contribution is 5.96. The van der Waals surface area contributed by atoms with Crippen LogP contribution in [0.5, 0.6) is 23.0 Å². The van der Waals surface area contributed by atoms with Gasteiger partial charge in [-0.25, -0.2) is 0 Å². The number of fused-ring (bicyclic) bond motifs is 8. The van der Waals surface area contributed by atoms with E-state index in [0.29, 0.717) is 42.3 Å². The van der Waals surface area contributed by atoms with Crippen LogP contribution in [0.4, 0.5) is 0 Å². The fourth-order valence-electron chi connectivity index (χ4n) is 5.14. The Hall–Kier alpha value is -4.73. The van der Waals surface area contributed by atoms with Crippen LogP contribution in [0.3, 0.4) is 0 Å². The molecule has 3 aromatic rings. The summed E-state index contributed by atoms with van der Waals surface area (Å²) in [5.41, 5.74) is 2.81. The Kier molecular flexibility index (Phi) is 6.90. The molecule has 10 heteroatoms. The number of carbonyl (C=O) groups excluding carboxylic acids is 3. The first-order valence-corrected chi connectivity index (χ1v) is 13.2. The Balaban J connectivity index is 1.29. The highest BCUT2D eigenvalue weighted by Gasteiger charge is 2.38. The Morgan fingerprint density at radius 2 is 1.82 bits per heavy atom. The quantitative estimate of drug-likeness (QED) is 0.510. The number of methoxy groups -OCH3 is 1. The van der Waals surface area contributed by atoms with Crippen LogP contribution in [0.15, 0.2) is 60.7 Å². The molecule has 1 fully saturated rings. The molecule has 40 heavy (non-hydrogen) atoms. The second-order valence-electron chi connectivity index (χ2n) is 9.94. The molecule has 2 atom stereocenters. The molecule has 0 radical (unpaired) electrons. The van der Waals surface area contributed by atoms with E-state index in [-0.39, 0.29) is 36.6 Å². The lowest BCUT2D eigenvalue weighted by Crippen LogP contribution is -2.45. The van der Waals surface area contributed by atoms with Gasteiger partial charge in [-0.2, -0.15) is 0 Å². The molecule has 4 heterocycles. The van der Waals surface area contributed by atoms with Crippen LogP contribution in [0.1, 0.15) is 31.8 Å². The second kappa shape index (κ2) is 10.8. The lowest BCUT2D eigenvalue weighted by molar-refractivity contribution is -0.123. The average molecular weight is 544 g/mol. The van der Waals surface area contributed by atoms with Gasteiger partial charge in [0.2, 0.25) is 0 Å². The second-order valence-corrected chi connectivity index (χ2v) is 9.94. The normalized spacial score (nSPS) is 20.2. The monoisotopic (exact) mass is 543 g/mol. The standard InChI is InChI=1S/C30H29N3O7/c1-37-25-9-4-20-13-26(25)39-17-28(34)31-14-18-2-6-22(7-3-18)40-27-16-33(15-23(27)32-29(20)35)30(36)21-5-8-24-19(12-21)10-11-38-24/h2-9,12-13,23,27H,10-11,14-17H2,1H3,(H,31,34)(H,32,35)/t23-,27-/m0/s1. The van der Waals surface area contributed by atoms with Crippen molar-refractivity contribution in [1.29, 1.82) is 0 Å². The van der Waals surface area contributed by atoms with Gasteiger partial charge in [-0.15, -0.1) is 0 Å². The molecule has 0 spiro atoms. The van der Waals surface area contributed by atoms with Gasteiger partial charge in [0.15, 0.2) is 18.1 Å². The number of likely N-dealkylation sites (tertiary alicyclic amines) is 1. The minimum absolute atomic E-state index is 0.131. The third-order valence-electron chi connectivity index (χ3n) is 7.29. The molecule has 2 N–H and O–H groups in total. The molecule has 4 bridgehead atoms. The summed E-state index contributed by atoms with van der Waals surface area (Å²) < 4.78 is 22.9. The Bertz CT molecular complexity index is 1460. The summed E-state index contributed by atoms with van der Waals surface area (Å²) in [5, 5.41) is 5.86. The number of rotatable bonds is 2. The van der Waals surface area contributed by atoms with E-state index < -0.39 is 12.1 Å². The third kappa shape index (κ3) is 5.25. The first-order valence-electron chi connectivity index (χ1n) is 13.2. The zero-order chi connectivity index (χ0) is 27.6. The third-order valence-corrected chi connectivity index (χ3v) is 7.29. The molecule has 0 unspecified atom stereocenters. The van der Waals surface area contributed by atoms with Crippen LogP contribution in [-0.4, -0.2) is 68.2 Å². The van der Waals surface area contributed by atoms with Crippen molar-refractivity contribution in [1.82, 2.24) is 15.5 Å². The van der Waals surface area contributed by atoms with Crippen molar-refractivity contribution in [2.24, 2.45) is 0 Å². The molecular formula is C30H29N3O7. The van der Waals surface area contributed by atoms with Gasteiger partial charge < -0.3 is 34.5 Å². The minimum Gasteiger partial charge on any atom is -0.493 e. The van der Waals surface area contributed by atoms with Gasteiger partial charge >= 0.3 is 0 Å². The largest absolute Gasteiger partial charge is 0.493 e. The fraction of sp³-hybridized carbons (Fsp3) is 0.300. The summed E-state index contributed by atoms with van der Waals surface area (Å²) in [6.07, 6.45) is 0.287. The predicted octanol–water partition coefficient (Wildman–Crippen LogP) is 2.34. The van der Waals surface area contributed by atoms with Gasteiger partial charge in [-0.05, 0) is 59.7 Å². The minimum atomic E-state index is -0.485. The van der Waals surface area contributed by atoms with E-state index in [2.05, 4.69) is 10.6 Å². The van der Waals surface area contributed by atoms with Crippen LogP contribution in [0.2, 0.25) is 0 Å². The molecule has 206 valence electrons. The molecular weight excluding hydrogens is 514 g/mol. The summed E-state index contributed by atoms with van der Waals surface area (Å²) in [6, 6.07) is 17.1. The van der Waals surface area contributed by atoms with Crippen molar-refractivity contribution >= 4 is 17.7 Å². The molecule has 10 nitrogen and oxygen atoms in total. The van der Waals surface area contributed by atoms with E-state index in [1.165, 1.54) is 13.2 Å². The molecule has 0 saturated carbocycles. The molecule has 0 aromatic heterocycles. The van der Waals surface area contributed by atoms with E-state index in [1.54, 1.807) is 23.1 Å². The molecule has 3 amide bonds. The molecule has 4 aliphatic heterocycles. The number of nitrogens with one attached hydrogen (secondary N) is 2. The fourth-order valence-corrected chi connectivity index (χ4v) is 5.14. The predicted molar refractivity (Wildman–Crippen MR) is 144 cm³/mol. The lowest BCUT2D eigenvalue weighted by Gasteiger charge is -2.21. The van der Waals surface area contributed by atoms with Crippen molar-refractivity contribution in [3.63, 3.8) is 0 Å². The Morgan fingerprint density at radius 1 is 0.975 bits per heavy atom. The smallest absolute Gasteiger partial charge is 0.258 e. The number of hydrogen-bond donors (Lipinski definition) is 2. The number of benzene rings is 3. The maximum absolute atomic E-state index is 13.5. The lowest BCUT2D eigenvalue weighted by atomic mass is 10.1. The first kappa shape index (κ1) is 25.5. The van der Waals surface area contributed by atoms with Gasteiger partial charge in [-0.1, -0.05) is 12.1 Å². The van der Waals surface area contributed by atoms with Crippen molar-refractivity contribution in [2.75, 3.05) is 33.4 Å². The first-order chi connectivity index (χ1) is 19.5. The van der Waals surface area contributed by atoms with Crippen molar-refractivity contribution in [2.45, 2.75) is 25.1 Å². The summed E-state index contributed by atoms with van der Waals surface area (Å²) in [5.74, 6) is 1.29. The Labute approximate surface area is 231 Å². The van der Waals surface area contributed by atoms with E-state index in [4.69, 9.17) is 18.9 Å². The van der Waals surface area contributed by atoms with Crippen LogP contribution in [0.25, 0.3) is 0 Å². The number of nitrogens with zero attached hydrogens (tertiary/aromatic N) is 1. The number of ether oxygens (including phenoxy) is 4. The molecule has 4 aliphatic rings. The maximum Gasteiger partial charge on any atom is 0.258 e. The number of hydrogen-bond acceptors (Lipinski definition) is 7. The number of amides is 3. The zero-order valence-electron chi connectivity index (χ0n) is 22.0. The highest BCUT2D eigenvalue weighted by atomic mass is 16.5. The van der Waals surface area contributed by atoms with Crippen LogP contribution in [-0.2, 0) is 17.8 Å². The highest BCUT2D eigenvalue weighted by Crippen LogP contribution is 2.30. The van der Waals surface area contributed by atoms with Crippen LogP contribution < -0.4 is 29.6 Å². The maximum atomic E-state index is 13.5. The average Bonchev–Trinajstić information content (AvgIpc) is 3.61. The van der Waals surface area contributed by atoms with Gasteiger partial charge in [0.1, 0.15) is 17.6 Å². The van der Waals surface area contributed by atoms with Crippen molar-refractivity contribution < 1.29 is 33.3 Å². The SMILES string of the molecule is COc1ccc2cc1OCC(=O)NCc1ccc(cc1)O[C@H]1CN(C(=O)c3ccc4c(c3)CCO4)C[C@@H]1NC2=O. The molecule has 3 aromatic carbocycles. The van der Waals surface area contributed by atoms with Crippen molar-refractivity contribution in [3.8, 4) is 23.0 Å². The van der Waals surface area contributed by atoms with E-state index in [9.17, 15) is 14.4 Å². The van der Waals surface area contributed by atoms with Crippen LogP contribution >= 0.6 is 0 Å². The van der Waals surface area contributed by atoms with Gasteiger partial charge in [-0.3, -0.25) is 14.4 Å². The summed E-state index contributed by atoms with van der Waals surface area (Å²) >= 11 is 0. The Morgan fingerprint density at radius 3 is 2.65 bits per heavy atom. The van der Waals surface area contributed by atoms with E-state index in [0.717, 1.165) is 23.3 Å². The summed E-state index contributed by atoms with van der Waals surface area (Å²) in [7, 11) is 1.49.